The van der Waals surface area contributed by atoms with Crippen LogP contribution in [0, 0.1) is 0 Å². The van der Waals surface area contributed by atoms with Crippen molar-refractivity contribution in [3.05, 3.63) is 81.9 Å². The fraction of sp³-hybridized carbons (Fsp3) is 0.320. The summed E-state index contributed by atoms with van der Waals surface area (Å²) >= 11 is 0. The molecule has 0 heterocycles. The van der Waals surface area contributed by atoms with Crippen LogP contribution in [0.3, 0.4) is 0 Å². The molecular formula is C25H28O7. The maximum atomic E-state index is 13.0. The topological polar surface area (TPSA) is 121 Å². The van der Waals surface area contributed by atoms with Gasteiger partial charge in [0.15, 0.2) is 5.60 Å². The maximum absolute atomic E-state index is 13.0. The van der Waals surface area contributed by atoms with E-state index in [9.17, 15) is 29.7 Å². The summed E-state index contributed by atoms with van der Waals surface area (Å²) in [5.74, 6) is -5.49. The van der Waals surface area contributed by atoms with Crippen LogP contribution in [0.4, 0.5) is 0 Å². The summed E-state index contributed by atoms with van der Waals surface area (Å²) in [6, 6.07) is 8.67. The van der Waals surface area contributed by atoms with E-state index < -0.39 is 40.2 Å². The van der Waals surface area contributed by atoms with Crippen LogP contribution in [0.15, 0.2) is 76.3 Å². The molecule has 7 nitrogen and oxygen atoms in total. The van der Waals surface area contributed by atoms with E-state index in [2.05, 4.69) is 0 Å². The average Bonchev–Trinajstić information content (AvgIpc) is 2.75. The van der Waals surface area contributed by atoms with E-state index in [1.54, 1.807) is 64.1 Å². The van der Waals surface area contributed by atoms with Crippen LogP contribution < -0.4 is 0 Å². The third-order valence-corrected chi connectivity index (χ3v) is 4.94. The lowest BCUT2D eigenvalue weighted by Gasteiger charge is -2.31. The van der Waals surface area contributed by atoms with E-state index >= 15 is 0 Å². The number of carbonyl (C=O) groups excluding carboxylic acids is 3. The molecule has 0 aromatic heterocycles. The Hall–Kier alpha value is -3.45. The first-order chi connectivity index (χ1) is 15.0. The second-order valence-corrected chi connectivity index (χ2v) is 8.10. The first kappa shape index (κ1) is 24.8. The summed E-state index contributed by atoms with van der Waals surface area (Å²) in [4.78, 5) is 38.5. The van der Waals surface area contributed by atoms with Crippen molar-refractivity contribution in [3.8, 4) is 0 Å². The molecule has 1 aliphatic rings. The van der Waals surface area contributed by atoms with E-state index in [1.807, 2.05) is 0 Å². The van der Waals surface area contributed by atoms with Crippen molar-refractivity contribution in [2.24, 2.45) is 0 Å². The van der Waals surface area contributed by atoms with Crippen molar-refractivity contribution in [3.63, 3.8) is 0 Å². The number of benzene rings is 1. The van der Waals surface area contributed by atoms with E-state index in [1.165, 1.54) is 6.08 Å². The Balaban J connectivity index is 2.53. The normalized spacial score (nSPS) is 20.0. The molecule has 1 aliphatic carbocycles. The smallest absolute Gasteiger partial charge is 0.374 e. The molecule has 1 aromatic carbocycles. The zero-order valence-corrected chi connectivity index (χ0v) is 18.6. The Bertz CT molecular complexity index is 1030. The number of aliphatic hydroxyl groups is 3. The van der Waals surface area contributed by atoms with Gasteiger partial charge in [0.25, 0.3) is 0 Å². The van der Waals surface area contributed by atoms with Gasteiger partial charge in [0.2, 0.25) is 17.3 Å². The van der Waals surface area contributed by atoms with Gasteiger partial charge in [0.05, 0.1) is 0 Å². The molecule has 170 valence electrons. The highest BCUT2D eigenvalue weighted by molar-refractivity contribution is 6.28. The van der Waals surface area contributed by atoms with Crippen molar-refractivity contribution in [1.29, 1.82) is 0 Å². The Labute approximate surface area is 187 Å². The van der Waals surface area contributed by atoms with Crippen LogP contribution in [0.25, 0.3) is 0 Å². The maximum Gasteiger partial charge on any atom is 0.374 e. The lowest BCUT2D eigenvalue weighted by Crippen LogP contribution is -2.51. The van der Waals surface area contributed by atoms with Gasteiger partial charge in [-0.25, -0.2) is 4.79 Å². The summed E-state index contributed by atoms with van der Waals surface area (Å²) < 4.78 is 5.04. The summed E-state index contributed by atoms with van der Waals surface area (Å²) in [6.07, 6.45) is 2.67. The number of esters is 1. The molecule has 7 heteroatoms. The van der Waals surface area contributed by atoms with E-state index in [-0.39, 0.29) is 25.0 Å². The number of hydrogen-bond donors (Lipinski definition) is 3. The first-order valence-electron chi connectivity index (χ1n) is 10.1. The Morgan fingerprint density at radius 2 is 1.59 bits per heavy atom. The number of hydrogen-bond acceptors (Lipinski definition) is 7. The minimum absolute atomic E-state index is 0.0900. The molecule has 0 saturated heterocycles. The van der Waals surface area contributed by atoms with Gasteiger partial charge in [-0.2, -0.15) is 0 Å². The molecule has 0 bridgehead atoms. The minimum atomic E-state index is -2.56. The number of allylic oxidation sites excluding steroid dienone is 4. The van der Waals surface area contributed by atoms with Crippen molar-refractivity contribution in [2.75, 3.05) is 0 Å². The van der Waals surface area contributed by atoms with Gasteiger partial charge in [0.1, 0.15) is 17.9 Å². The van der Waals surface area contributed by atoms with Crippen molar-refractivity contribution in [1.82, 2.24) is 0 Å². The quantitative estimate of drug-likeness (QED) is 0.193. The molecule has 2 rings (SSSR count). The van der Waals surface area contributed by atoms with Crippen molar-refractivity contribution in [2.45, 2.75) is 52.7 Å². The number of rotatable bonds is 7. The summed E-state index contributed by atoms with van der Waals surface area (Å²) in [6.45, 7) is 6.84. The molecule has 1 aromatic rings. The second kappa shape index (κ2) is 10.2. The Kier molecular flexibility index (Phi) is 7.94. The molecule has 0 spiro atoms. The van der Waals surface area contributed by atoms with Crippen LogP contribution in [-0.2, 0) is 25.7 Å². The number of carbonyl (C=O) groups is 3. The van der Waals surface area contributed by atoms with Gasteiger partial charge in [-0.15, -0.1) is 0 Å². The summed E-state index contributed by atoms with van der Waals surface area (Å²) in [5, 5.41) is 32.2. The molecule has 1 atom stereocenters. The van der Waals surface area contributed by atoms with Crippen LogP contribution >= 0.6 is 0 Å². The molecule has 1 unspecified atom stereocenters. The molecule has 0 aliphatic heterocycles. The van der Waals surface area contributed by atoms with Crippen molar-refractivity contribution >= 4 is 17.5 Å². The lowest BCUT2D eigenvalue weighted by atomic mass is 9.75. The lowest BCUT2D eigenvalue weighted by molar-refractivity contribution is -0.149. The van der Waals surface area contributed by atoms with Crippen LogP contribution in [0.2, 0.25) is 0 Å². The van der Waals surface area contributed by atoms with Gasteiger partial charge in [-0.3, -0.25) is 9.59 Å². The zero-order chi connectivity index (χ0) is 24.1. The van der Waals surface area contributed by atoms with Gasteiger partial charge in [0, 0.05) is 12.0 Å². The number of ether oxygens (including phenoxy) is 1. The molecule has 32 heavy (non-hydrogen) atoms. The zero-order valence-electron chi connectivity index (χ0n) is 18.6. The third kappa shape index (κ3) is 5.42. The molecule has 3 N–H and O–H groups in total. The standard InChI is InChI=1S/C25H28O7/c1-15(2)10-11-18-20(26)19(23(29)25(31,22(18)28)13-12-16(3)4)21(27)24(30)32-14-17-8-6-5-7-9-17/h5-10,12,26-27,31H,11,13-14H2,1-4H3. The van der Waals surface area contributed by atoms with E-state index in [4.69, 9.17) is 4.74 Å². The Morgan fingerprint density at radius 3 is 2.16 bits per heavy atom. The minimum Gasteiger partial charge on any atom is -0.507 e. The van der Waals surface area contributed by atoms with E-state index in [0.717, 1.165) is 11.1 Å². The summed E-state index contributed by atoms with van der Waals surface area (Å²) in [5.41, 5.74) is -1.43. The highest BCUT2D eigenvalue weighted by Gasteiger charge is 2.52. The van der Waals surface area contributed by atoms with Gasteiger partial charge < -0.3 is 20.1 Å². The van der Waals surface area contributed by atoms with Crippen LogP contribution in [0.5, 0.6) is 0 Å². The number of ketones is 2. The Morgan fingerprint density at radius 1 is 1.00 bits per heavy atom. The fourth-order valence-corrected chi connectivity index (χ4v) is 3.07. The fourth-order valence-electron chi connectivity index (χ4n) is 3.07. The number of Topliss-reactive ketones (excluding diaryl/α,β-unsaturated/α-hetero) is 2. The molecule has 0 amide bonds. The summed E-state index contributed by atoms with van der Waals surface area (Å²) in [7, 11) is 0. The molecular weight excluding hydrogens is 412 g/mol. The van der Waals surface area contributed by atoms with E-state index in [0.29, 0.717) is 5.56 Å². The van der Waals surface area contributed by atoms with Crippen LogP contribution in [-0.4, -0.2) is 38.5 Å². The average molecular weight is 440 g/mol. The molecule has 0 saturated carbocycles. The largest absolute Gasteiger partial charge is 0.507 e. The predicted octanol–water partition coefficient (Wildman–Crippen LogP) is 3.95. The monoisotopic (exact) mass is 440 g/mol. The predicted molar refractivity (Wildman–Crippen MR) is 119 cm³/mol. The number of aliphatic hydroxyl groups excluding tert-OH is 2. The molecule has 0 fully saturated rings. The second-order valence-electron chi connectivity index (χ2n) is 8.10. The van der Waals surface area contributed by atoms with Gasteiger partial charge >= 0.3 is 5.97 Å². The third-order valence-electron chi connectivity index (χ3n) is 4.94. The SMILES string of the molecule is CC(C)=CCC1=C(O)C(=C(O)C(=O)OCc2ccccc2)C(=O)C(O)(CC=C(C)C)C1=O. The van der Waals surface area contributed by atoms with Gasteiger partial charge in [-0.05, 0) is 39.7 Å². The highest BCUT2D eigenvalue weighted by Crippen LogP contribution is 2.36. The first-order valence-corrected chi connectivity index (χ1v) is 10.1. The van der Waals surface area contributed by atoms with Crippen LogP contribution in [0.1, 0.15) is 46.1 Å². The molecule has 0 radical (unpaired) electrons. The van der Waals surface area contributed by atoms with Gasteiger partial charge in [-0.1, -0.05) is 53.6 Å². The van der Waals surface area contributed by atoms with Crippen molar-refractivity contribution < 1.29 is 34.4 Å². The highest BCUT2D eigenvalue weighted by atomic mass is 16.5.